The fraction of sp³-hybridized carbons (Fsp3) is 0.0476. The number of phenolic OH excluding ortho intramolecular Hbond substituents is 1. The quantitative estimate of drug-likeness (QED) is 0.451. The molecule has 0 atom stereocenters. The van der Waals surface area contributed by atoms with Crippen LogP contribution < -0.4 is 5.32 Å². The number of anilines is 1. The Morgan fingerprint density at radius 3 is 2.42 bits per heavy atom. The van der Waals surface area contributed by atoms with Gasteiger partial charge in [0.25, 0.3) is 5.91 Å². The Morgan fingerprint density at radius 2 is 1.71 bits per heavy atom. The maximum absolute atomic E-state index is 12.9. The molecule has 0 bridgehead atoms. The molecule has 0 fully saturated rings. The van der Waals surface area contributed by atoms with Gasteiger partial charge in [-0.2, -0.15) is 13.2 Å². The smallest absolute Gasteiger partial charge is 0.416 e. The fourth-order valence-electron chi connectivity index (χ4n) is 2.72. The summed E-state index contributed by atoms with van der Waals surface area (Å²) in [5, 5.41) is 13.9. The van der Waals surface area contributed by atoms with E-state index in [-0.39, 0.29) is 17.0 Å². The van der Waals surface area contributed by atoms with Gasteiger partial charge in [0, 0.05) is 16.5 Å². The Morgan fingerprint density at radius 1 is 1.00 bits per heavy atom. The fourth-order valence-corrected chi connectivity index (χ4v) is 3.52. The number of nitrogens with one attached hydrogen (secondary N) is 1. The van der Waals surface area contributed by atoms with Gasteiger partial charge in [-0.05, 0) is 24.3 Å². The lowest BCUT2D eigenvalue weighted by molar-refractivity contribution is -0.137. The van der Waals surface area contributed by atoms with E-state index in [0.29, 0.717) is 22.1 Å². The number of amides is 1. The summed E-state index contributed by atoms with van der Waals surface area (Å²) in [4.78, 5) is 24.9. The molecule has 0 unspecified atom stereocenters. The Labute approximate surface area is 178 Å². The van der Waals surface area contributed by atoms with Crippen LogP contribution in [0.25, 0.3) is 22.0 Å². The first-order valence-corrected chi connectivity index (χ1v) is 9.73. The van der Waals surface area contributed by atoms with E-state index in [9.17, 15) is 23.1 Å². The average Bonchev–Trinajstić information content (AvgIpc) is 3.24. The monoisotopic (exact) mass is 442 g/mol. The van der Waals surface area contributed by atoms with E-state index in [1.54, 1.807) is 12.1 Å². The van der Waals surface area contributed by atoms with Crippen LogP contribution in [0.4, 0.5) is 18.9 Å². The number of thiazole rings is 1. The van der Waals surface area contributed by atoms with Gasteiger partial charge in [-0.3, -0.25) is 4.79 Å². The summed E-state index contributed by atoms with van der Waals surface area (Å²) in [6.45, 7) is 0. The normalized spacial score (nSPS) is 11.3. The van der Waals surface area contributed by atoms with E-state index in [1.807, 2.05) is 0 Å². The molecule has 4 rings (SSSR count). The van der Waals surface area contributed by atoms with E-state index in [2.05, 4.69) is 20.3 Å². The van der Waals surface area contributed by atoms with Crippen LogP contribution in [-0.4, -0.2) is 26.0 Å². The molecule has 2 aromatic heterocycles. The highest BCUT2D eigenvalue weighted by Crippen LogP contribution is 2.33. The summed E-state index contributed by atoms with van der Waals surface area (Å²) in [5.74, 6) is -0.0869. The topological polar surface area (TPSA) is 88.0 Å². The van der Waals surface area contributed by atoms with Gasteiger partial charge in [-0.15, -0.1) is 11.3 Å². The summed E-state index contributed by atoms with van der Waals surface area (Å²) >= 11 is 1.07. The predicted molar refractivity (Wildman–Crippen MR) is 110 cm³/mol. The van der Waals surface area contributed by atoms with Crippen LogP contribution in [0.15, 0.2) is 66.3 Å². The number of nitrogens with zero attached hydrogens (tertiary/aromatic N) is 3. The number of alkyl halides is 3. The second kappa shape index (κ2) is 8.15. The van der Waals surface area contributed by atoms with Crippen molar-refractivity contribution in [2.24, 2.45) is 0 Å². The largest absolute Gasteiger partial charge is 0.508 e. The lowest BCUT2D eigenvalue weighted by Gasteiger charge is -2.07. The molecule has 0 saturated heterocycles. The van der Waals surface area contributed by atoms with Crippen molar-refractivity contribution in [2.75, 3.05) is 5.32 Å². The molecule has 156 valence electrons. The molecule has 31 heavy (non-hydrogen) atoms. The molecule has 2 heterocycles. The molecule has 0 aliphatic heterocycles. The van der Waals surface area contributed by atoms with Gasteiger partial charge < -0.3 is 10.4 Å². The van der Waals surface area contributed by atoms with E-state index in [4.69, 9.17) is 0 Å². The number of halogens is 3. The molecule has 10 heteroatoms. The van der Waals surface area contributed by atoms with E-state index in [1.165, 1.54) is 42.0 Å². The molecule has 2 aromatic carbocycles. The molecular weight excluding hydrogens is 429 g/mol. The maximum Gasteiger partial charge on any atom is 0.416 e. The van der Waals surface area contributed by atoms with Crippen LogP contribution in [0, 0.1) is 0 Å². The number of phenols is 1. The summed E-state index contributed by atoms with van der Waals surface area (Å²) in [6, 6.07) is 11.2. The molecule has 0 aliphatic carbocycles. The van der Waals surface area contributed by atoms with Gasteiger partial charge in [0.05, 0.1) is 23.6 Å². The third-order valence-corrected chi connectivity index (χ3v) is 5.08. The minimum atomic E-state index is -4.46. The first-order chi connectivity index (χ1) is 14.8. The molecule has 4 aromatic rings. The van der Waals surface area contributed by atoms with Crippen molar-refractivity contribution in [1.29, 1.82) is 0 Å². The van der Waals surface area contributed by atoms with Gasteiger partial charge >= 0.3 is 6.18 Å². The van der Waals surface area contributed by atoms with Crippen molar-refractivity contribution in [3.8, 4) is 27.7 Å². The maximum atomic E-state index is 12.9. The van der Waals surface area contributed by atoms with Gasteiger partial charge in [0.2, 0.25) is 0 Å². The zero-order valence-corrected chi connectivity index (χ0v) is 16.4. The van der Waals surface area contributed by atoms with Gasteiger partial charge in [-0.25, -0.2) is 15.0 Å². The number of rotatable bonds is 4. The van der Waals surface area contributed by atoms with E-state index >= 15 is 0 Å². The van der Waals surface area contributed by atoms with Gasteiger partial charge in [0.1, 0.15) is 16.5 Å². The Balaban J connectivity index is 1.48. The van der Waals surface area contributed by atoms with Crippen LogP contribution in [0.5, 0.6) is 5.75 Å². The minimum Gasteiger partial charge on any atom is -0.508 e. The first kappa shape index (κ1) is 20.5. The van der Waals surface area contributed by atoms with Crippen LogP contribution in [0.3, 0.4) is 0 Å². The lowest BCUT2D eigenvalue weighted by atomic mass is 10.1. The van der Waals surface area contributed by atoms with Crippen LogP contribution in [0.2, 0.25) is 0 Å². The molecule has 0 spiro atoms. The van der Waals surface area contributed by atoms with Crippen LogP contribution in [0.1, 0.15) is 16.1 Å². The molecule has 2 N–H and O–H groups in total. The van der Waals surface area contributed by atoms with Crippen LogP contribution >= 0.6 is 11.3 Å². The number of hydrogen-bond acceptors (Lipinski definition) is 6. The van der Waals surface area contributed by atoms with Gasteiger partial charge in [0.15, 0.2) is 5.82 Å². The molecule has 0 radical (unpaired) electrons. The Bertz CT molecular complexity index is 1240. The zero-order chi connectivity index (χ0) is 22.0. The van der Waals surface area contributed by atoms with Crippen molar-refractivity contribution in [3.63, 3.8) is 0 Å². The third-order valence-electron chi connectivity index (χ3n) is 4.19. The van der Waals surface area contributed by atoms with Crippen molar-refractivity contribution in [1.82, 2.24) is 15.0 Å². The number of aromatic nitrogens is 3. The van der Waals surface area contributed by atoms with E-state index < -0.39 is 17.6 Å². The van der Waals surface area contributed by atoms with Crippen molar-refractivity contribution < 1.29 is 23.1 Å². The number of benzene rings is 2. The van der Waals surface area contributed by atoms with Crippen molar-refractivity contribution >= 4 is 22.9 Å². The number of aromatic hydroxyl groups is 1. The summed E-state index contributed by atoms with van der Waals surface area (Å²) < 4.78 is 38.7. The summed E-state index contributed by atoms with van der Waals surface area (Å²) in [7, 11) is 0. The van der Waals surface area contributed by atoms with E-state index in [0.717, 1.165) is 23.5 Å². The summed E-state index contributed by atoms with van der Waals surface area (Å²) in [5.41, 5.74) is 0.493. The second-order valence-corrected chi connectivity index (χ2v) is 7.27. The highest BCUT2D eigenvalue weighted by molar-refractivity contribution is 7.13. The Hall–Kier alpha value is -3.79. The molecular formula is C21H13F3N4O2S. The number of hydrogen-bond donors (Lipinski definition) is 2. The predicted octanol–water partition coefficient (Wildman–Crippen LogP) is 5.24. The number of carbonyl (C=O) groups excluding carboxylic acids is 1. The lowest BCUT2D eigenvalue weighted by Crippen LogP contribution is -2.12. The third kappa shape index (κ3) is 4.69. The highest BCUT2D eigenvalue weighted by Gasteiger charge is 2.30. The average molecular weight is 442 g/mol. The summed E-state index contributed by atoms with van der Waals surface area (Å²) in [6.07, 6.45) is -1.65. The Kier molecular flexibility index (Phi) is 5.38. The van der Waals surface area contributed by atoms with Crippen molar-refractivity contribution in [3.05, 3.63) is 77.6 Å². The van der Waals surface area contributed by atoms with Crippen LogP contribution in [-0.2, 0) is 6.18 Å². The second-order valence-electron chi connectivity index (χ2n) is 6.42. The van der Waals surface area contributed by atoms with Crippen molar-refractivity contribution in [2.45, 2.75) is 6.18 Å². The SMILES string of the molecule is O=C(Nc1cnc(-c2cccc(O)c2)nc1)c1csc(-c2cccc(C(F)(F)F)c2)n1. The highest BCUT2D eigenvalue weighted by atomic mass is 32.1. The molecule has 1 amide bonds. The molecule has 6 nitrogen and oxygen atoms in total. The molecule has 0 saturated carbocycles. The first-order valence-electron chi connectivity index (χ1n) is 8.85. The van der Waals surface area contributed by atoms with Gasteiger partial charge in [-0.1, -0.05) is 24.3 Å². The molecule has 0 aliphatic rings. The number of carbonyl (C=O) groups is 1. The zero-order valence-electron chi connectivity index (χ0n) is 15.6. The minimum absolute atomic E-state index is 0.0643. The standard InChI is InChI=1S/C21H13F3N4O2S/c22-21(23,24)14-5-1-4-13(7-14)20-28-17(11-31-20)19(30)27-15-9-25-18(26-10-15)12-3-2-6-16(29)8-12/h1-11,29H,(H,27,30).